The highest BCUT2D eigenvalue weighted by atomic mass is 35.5. The molecule has 0 aromatic heterocycles. The van der Waals surface area contributed by atoms with Crippen LogP contribution in [0.2, 0.25) is 10.0 Å². The number of rotatable bonds is 7. The van der Waals surface area contributed by atoms with Gasteiger partial charge in [-0.15, -0.1) is 0 Å². The molecule has 41 heavy (non-hydrogen) atoms. The third-order valence-corrected chi connectivity index (χ3v) is 10.5. The molecule has 0 spiro atoms. The second-order valence-electron chi connectivity index (χ2n) is 9.50. The van der Waals surface area contributed by atoms with Crippen molar-refractivity contribution in [1.29, 1.82) is 0 Å². The molecule has 4 rings (SSSR count). The van der Waals surface area contributed by atoms with Gasteiger partial charge in [-0.3, -0.25) is 9.52 Å². The first-order chi connectivity index (χ1) is 19.1. The first kappa shape index (κ1) is 31.1. The summed E-state index contributed by atoms with van der Waals surface area (Å²) in [6.45, 7) is 2.80. The molecular weight excluding hydrogens is 626 g/mol. The molecule has 1 heterocycles. The molecule has 3 aromatic carbocycles. The normalized spacial score (nSPS) is 15.5. The van der Waals surface area contributed by atoms with Gasteiger partial charge in [0.2, 0.25) is 10.0 Å². The second kappa shape index (κ2) is 11.8. The lowest BCUT2D eigenvalue weighted by Gasteiger charge is -2.29. The Labute approximate surface area is 245 Å². The summed E-state index contributed by atoms with van der Waals surface area (Å²) in [7, 11) is -8.14. The number of anilines is 2. The molecule has 220 valence electrons. The van der Waals surface area contributed by atoms with Gasteiger partial charge in [-0.2, -0.15) is 17.5 Å². The smallest absolute Gasteiger partial charge is 0.322 e. The number of carbonyl (C=O) groups excluding carboxylic acids is 1. The van der Waals surface area contributed by atoms with E-state index >= 15 is 0 Å². The van der Waals surface area contributed by atoms with Crippen LogP contribution >= 0.6 is 23.2 Å². The van der Waals surface area contributed by atoms with Crippen molar-refractivity contribution in [2.24, 2.45) is 5.92 Å². The Bertz CT molecular complexity index is 1680. The number of carbonyl (C=O) groups is 1. The molecular formula is C26H24Cl2F3N3O5S2. The zero-order chi connectivity index (χ0) is 30.2. The van der Waals surface area contributed by atoms with Crippen molar-refractivity contribution in [1.82, 2.24) is 4.31 Å². The summed E-state index contributed by atoms with van der Waals surface area (Å²) in [5, 5.41) is 1.97. The lowest BCUT2D eigenvalue weighted by molar-refractivity contribution is -0.137. The summed E-state index contributed by atoms with van der Waals surface area (Å²) in [6, 6.07) is 11.2. The maximum atomic E-state index is 13.1. The standard InChI is InChI=1S/C26H24Cl2F3N3O5S2/c1-16-10-12-34(13-11-16)41(38,39)20-7-9-23(27)21(15-20)25(35)32-17-2-5-19(6-3-17)40(36,37)33-18-4-8-24(28)22(14-18)26(29,30)31/h2-9,14-16,33H,10-13H2,1H3,(H,32,35). The molecule has 0 saturated carbocycles. The van der Waals surface area contributed by atoms with Crippen LogP contribution in [0.5, 0.6) is 0 Å². The van der Waals surface area contributed by atoms with Gasteiger partial charge in [0, 0.05) is 24.5 Å². The third kappa shape index (κ3) is 7.15. The predicted octanol–water partition coefficient (Wildman–Crippen LogP) is 6.49. The fourth-order valence-corrected chi connectivity index (χ4v) is 7.12. The van der Waals surface area contributed by atoms with E-state index in [2.05, 4.69) is 17.0 Å². The summed E-state index contributed by atoms with van der Waals surface area (Å²) >= 11 is 11.8. The Kier molecular flexibility index (Phi) is 8.95. The van der Waals surface area contributed by atoms with Crippen LogP contribution in [0.15, 0.2) is 70.5 Å². The topological polar surface area (TPSA) is 113 Å². The highest BCUT2D eigenvalue weighted by molar-refractivity contribution is 7.92. The van der Waals surface area contributed by atoms with E-state index in [1.165, 1.54) is 34.6 Å². The van der Waals surface area contributed by atoms with Gasteiger partial charge in [0.15, 0.2) is 0 Å². The maximum absolute atomic E-state index is 13.1. The first-order valence-electron chi connectivity index (χ1n) is 12.2. The van der Waals surface area contributed by atoms with Crippen LogP contribution in [0.4, 0.5) is 24.5 Å². The zero-order valence-electron chi connectivity index (χ0n) is 21.4. The minimum atomic E-state index is -4.78. The number of hydrogen-bond acceptors (Lipinski definition) is 5. The number of amides is 1. The van der Waals surface area contributed by atoms with Gasteiger partial charge in [0.1, 0.15) is 0 Å². The molecule has 1 saturated heterocycles. The first-order valence-corrected chi connectivity index (χ1v) is 15.9. The van der Waals surface area contributed by atoms with Crippen molar-refractivity contribution in [3.05, 3.63) is 81.8 Å². The zero-order valence-corrected chi connectivity index (χ0v) is 24.5. The number of sulfonamides is 2. The van der Waals surface area contributed by atoms with Crippen molar-refractivity contribution in [3.8, 4) is 0 Å². The van der Waals surface area contributed by atoms with Gasteiger partial charge in [-0.25, -0.2) is 16.8 Å². The van der Waals surface area contributed by atoms with Crippen LogP contribution in [0.25, 0.3) is 0 Å². The van der Waals surface area contributed by atoms with Crippen LogP contribution < -0.4 is 10.0 Å². The molecule has 0 atom stereocenters. The molecule has 0 radical (unpaired) electrons. The third-order valence-electron chi connectivity index (χ3n) is 6.51. The molecule has 1 aliphatic rings. The van der Waals surface area contributed by atoms with Gasteiger partial charge in [0.05, 0.1) is 31.0 Å². The van der Waals surface area contributed by atoms with Crippen molar-refractivity contribution in [2.75, 3.05) is 23.1 Å². The molecule has 2 N–H and O–H groups in total. The highest BCUT2D eigenvalue weighted by Gasteiger charge is 2.34. The van der Waals surface area contributed by atoms with E-state index < -0.39 is 42.7 Å². The number of hydrogen-bond donors (Lipinski definition) is 2. The summed E-state index contributed by atoms with van der Waals surface area (Å²) in [6.07, 6.45) is -3.32. The van der Waals surface area contributed by atoms with Gasteiger partial charge in [0.25, 0.3) is 15.9 Å². The molecule has 1 amide bonds. The van der Waals surface area contributed by atoms with E-state index in [0.29, 0.717) is 25.1 Å². The quantitative estimate of drug-likeness (QED) is 0.304. The molecule has 0 aliphatic carbocycles. The minimum absolute atomic E-state index is 0.0123. The van der Waals surface area contributed by atoms with E-state index in [4.69, 9.17) is 23.2 Å². The molecule has 1 fully saturated rings. The van der Waals surface area contributed by atoms with Gasteiger partial charge in [-0.05, 0) is 79.4 Å². The molecule has 8 nitrogen and oxygen atoms in total. The van der Waals surface area contributed by atoms with Crippen molar-refractivity contribution in [2.45, 2.75) is 35.7 Å². The van der Waals surface area contributed by atoms with Gasteiger partial charge in [-0.1, -0.05) is 30.1 Å². The van der Waals surface area contributed by atoms with Crippen LogP contribution in [0.1, 0.15) is 35.7 Å². The number of nitrogens with one attached hydrogen (secondary N) is 2. The number of alkyl halides is 3. The van der Waals surface area contributed by atoms with Crippen LogP contribution in [0, 0.1) is 5.92 Å². The highest BCUT2D eigenvalue weighted by Crippen LogP contribution is 2.36. The molecule has 1 aliphatic heterocycles. The van der Waals surface area contributed by atoms with E-state index in [1.54, 1.807) is 0 Å². The fourth-order valence-electron chi connectivity index (χ4n) is 4.15. The predicted molar refractivity (Wildman–Crippen MR) is 150 cm³/mol. The van der Waals surface area contributed by atoms with E-state index in [-0.39, 0.29) is 31.8 Å². The van der Waals surface area contributed by atoms with E-state index in [0.717, 1.165) is 37.1 Å². The molecule has 15 heteroatoms. The number of benzene rings is 3. The summed E-state index contributed by atoms with van der Waals surface area (Å²) < 4.78 is 94.5. The average Bonchev–Trinajstić information content (AvgIpc) is 2.89. The van der Waals surface area contributed by atoms with Crippen molar-refractivity contribution >= 4 is 60.5 Å². The maximum Gasteiger partial charge on any atom is 0.417 e. The Morgan fingerprint density at radius 3 is 2.02 bits per heavy atom. The number of halogens is 5. The largest absolute Gasteiger partial charge is 0.417 e. The van der Waals surface area contributed by atoms with E-state index in [9.17, 15) is 34.8 Å². The van der Waals surface area contributed by atoms with Crippen LogP contribution in [-0.4, -0.2) is 40.1 Å². The lowest BCUT2D eigenvalue weighted by Crippen LogP contribution is -2.37. The monoisotopic (exact) mass is 649 g/mol. The SMILES string of the molecule is CC1CCN(S(=O)(=O)c2ccc(Cl)c(C(=O)Nc3ccc(S(=O)(=O)Nc4ccc(Cl)c(C(F)(F)F)c4)cc3)c2)CC1. The van der Waals surface area contributed by atoms with Crippen LogP contribution in [0.3, 0.4) is 0 Å². The molecule has 0 bridgehead atoms. The Hall–Kier alpha value is -2.84. The van der Waals surface area contributed by atoms with Gasteiger partial charge < -0.3 is 5.32 Å². The fraction of sp³-hybridized carbons (Fsp3) is 0.269. The summed E-state index contributed by atoms with van der Waals surface area (Å²) in [5.74, 6) is -0.307. The number of nitrogens with zero attached hydrogens (tertiary/aromatic N) is 1. The van der Waals surface area contributed by atoms with Crippen molar-refractivity contribution < 1.29 is 34.8 Å². The average molecular weight is 651 g/mol. The van der Waals surface area contributed by atoms with E-state index in [1.807, 2.05) is 0 Å². The molecule has 0 unspecified atom stereocenters. The second-order valence-corrected chi connectivity index (χ2v) is 13.9. The lowest BCUT2D eigenvalue weighted by atomic mass is 10.0. The molecule has 3 aromatic rings. The minimum Gasteiger partial charge on any atom is -0.322 e. The van der Waals surface area contributed by atoms with Crippen molar-refractivity contribution in [3.63, 3.8) is 0 Å². The van der Waals surface area contributed by atoms with Gasteiger partial charge >= 0.3 is 6.18 Å². The van der Waals surface area contributed by atoms with Crippen LogP contribution in [-0.2, 0) is 26.2 Å². The Morgan fingerprint density at radius 1 is 0.854 bits per heavy atom. The summed E-state index contributed by atoms with van der Waals surface area (Å²) in [4.78, 5) is 12.6. The Morgan fingerprint density at radius 2 is 1.41 bits per heavy atom. The number of piperidine rings is 1. The Balaban J connectivity index is 1.49. The summed E-state index contributed by atoms with van der Waals surface area (Å²) in [5.41, 5.74) is -1.48.